The van der Waals surface area contributed by atoms with Gasteiger partial charge >= 0.3 is 12.1 Å². The van der Waals surface area contributed by atoms with E-state index in [1.54, 1.807) is 12.1 Å². The summed E-state index contributed by atoms with van der Waals surface area (Å²) >= 11 is 0. The fraction of sp³-hybridized carbons (Fsp3) is 0.417. The third-order valence-electron chi connectivity index (χ3n) is 4.97. The van der Waals surface area contributed by atoms with Crippen molar-refractivity contribution < 1.29 is 24.2 Å². The van der Waals surface area contributed by atoms with Crippen LogP contribution in [0.2, 0.25) is 0 Å². The molecule has 166 valence electrons. The first-order valence-electron chi connectivity index (χ1n) is 10.4. The molecule has 7 nitrogen and oxygen atoms in total. The molecule has 1 heterocycles. The minimum atomic E-state index is -0.839. The highest BCUT2D eigenvalue weighted by Gasteiger charge is 2.31. The minimum Gasteiger partial charge on any atom is -0.486 e. The number of aliphatic carboxylic acids is 1. The van der Waals surface area contributed by atoms with Crippen LogP contribution in [0.15, 0.2) is 48.5 Å². The monoisotopic (exact) mass is 426 g/mol. The van der Waals surface area contributed by atoms with E-state index in [0.29, 0.717) is 24.5 Å². The molecule has 2 atom stereocenters. The van der Waals surface area contributed by atoms with E-state index in [1.807, 2.05) is 64.1 Å². The number of fused-ring (bicyclic) bond motifs is 1. The molecule has 2 N–H and O–H groups in total. The second-order valence-electron chi connectivity index (χ2n) is 8.91. The van der Waals surface area contributed by atoms with E-state index >= 15 is 0 Å². The van der Waals surface area contributed by atoms with Gasteiger partial charge in [0.15, 0.2) is 0 Å². The van der Waals surface area contributed by atoms with Gasteiger partial charge in [0.05, 0.1) is 18.7 Å². The van der Waals surface area contributed by atoms with Crippen LogP contribution >= 0.6 is 0 Å². The van der Waals surface area contributed by atoms with Gasteiger partial charge in [-0.25, -0.2) is 4.79 Å². The van der Waals surface area contributed by atoms with E-state index in [0.717, 1.165) is 11.3 Å². The van der Waals surface area contributed by atoms with Gasteiger partial charge in [-0.2, -0.15) is 0 Å². The van der Waals surface area contributed by atoms with Gasteiger partial charge in [0, 0.05) is 18.2 Å². The fourth-order valence-electron chi connectivity index (χ4n) is 3.54. The number of carbonyl (C=O) groups is 2. The topological polar surface area (TPSA) is 88.1 Å². The zero-order valence-electron chi connectivity index (χ0n) is 18.4. The predicted octanol–water partition coefficient (Wildman–Crippen LogP) is 4.91. The fourth-order valence-corrected chi connectivity index (χ4v) is 3.54. The van der Waals surface area contributed by atoms with Crippen molar-refractivity contribution in [3.8, 4) is 5.75 Å². The molecule has 0 radical (unpaired) electrons. The number of benzene rings is 2. The van der Waals surface area contributed by atoms with Crippen LogP contribution in [0.1, 0.15) is 39.7 Å². The Hall–Kier alpha value is -3.22. The molecule has 0 bridgehead atoms. The van der Waals surface area contributed by atoms with Crippen molar-refractivity contribution in [3.63, 3.8) is 0 Å². The third-order valence-corrected chi connectivity index (χ3v) is 4.97. The summed E-state index contributed by atoms with van der Waals surface area (Å²) in [7, 11) is 0. The molecule has 0 fully saturated rings. The number of hydrogen-bond acceptors (Lipinski definition) is 5. The van der Waals surface area contributed by atoms with Crippen LogP contribution in [0.3, 0.4) is 0 Å². The largest absolute Gasteiger partial charge is 0.486 e. The SMILES string of the molecule is C[C@@H](CC(=O)O)C1CN(Cc2ccccc2)c2cc(NC(=O)OC(C)(C)C)ccc2O1. The maximum atomic E-state index is 12.2. The van der Waals surface area contributed by atoms with Crippen molar-refractivity contribution in [1.29, 1.82) is 0 Å². The highest BCUT2D eigenvalue weighted by atomic mass is 16.6. The number of nitrogens with one attached hydrogen (secondary N) is 1. The van der Waals surface area contributed by atoms with Gasteiger partial charge in [0.1, 0.15) is 17.5 Å². The van der Waals surface area contributed by atoms with Crippen molar-refractivity contribution in [2.45, 2.75) is 52.4 Å². The van der Waals surface area contributed by atoms with Crippen molar-refractivity contribution in [3.05, 3.63) is 54.1 Å². The van der Waals surface area contributed by atoms with Gasteiger partial charge in [-0.15, -0.1) is 0 Å². The number of carbonyl (C=O) groups excluding carboxylic acids is 1. The summed E-state index contributed by atoms with van der Waals surface area (Å²) in [5.41, 5.74) is 1.99. The molecule has 0 aliphatic carbocycles. The van der Waals surface area contributed by atoms with E-state index in [1.165, 1.54) is 0 Å². The van der Waals surface area contributed by atoms with Crippen molar-refractivity contribution >= 4 is 23.4 Å². The average Bonchev–Trinajstić information content (AvgIpc) is 2.67. The van der Waals surface area contributed by atoms with Crippen LogP contribution in [-0.2, 0) is 16.1 Å². The molecule has 0 saturated carbocycles. The molecule has 7 heteroatoms. The van der Waals surface area contributed by atoms with Crippen LogP contribution in [0.4, 0.5) is 16.2 Å². The van der Waals surface area contributed by atoms with E-state index < -0.39 is 17.7 Å². The number of anilines is 2. The molecular weight excluding hydrogens is 396 g/mol. The van der Waals surface area contributed by atoms with Gasteiger partial charge in [0.2, 0.25) is 0 Å². The molecular formula is C24H30N2O5. The van der Waals surface area contributed by atoms with E-state index in [9.17, 15) is 14.7 Å². The van der Waals surface area contributed by atoms with Gasteiger partial charge in [0.25, 0.3) is 0 Å². The summed E-state index contributed by atoms with van der Waals surface area (Å²) in [4.78, 5) is 25.5. The molecule has 1 aliphatic heterocycles. The number of carboxylic acid groups (broad SMARTS) is 1. The second-order valence-corrected chi connectivity index (χ2v) is 8.91. The van der Waals surface area contributed by atoms with Crippen molar-refractivity contribution in [1.82, 2.24) is 0 Å². The summed E-state index contributed by atoms with van der Waals surface area (Å²) in [5.74, 6) is -0.323. The Labute approximate surface area is 183 Å². The Kier molecular flexibility index (Phi) is 6.73. The van der Waals surface area contributed by atoms with Crippen LogP contribution in [0, 0.1) is 5.92 Å². The number of hydrogen-bond donors (Lipinski definition) is 2. The number of rotatable bonds is 6. The lowest BCUT2D eigenvalue weighted by molar-refractivity contribution is -0.138. The predicted molar refractivity (Wildman–Crippen MR) is 120 cm³/mol. The molecule has 2 aromatic rings. The summed E-state index contributed by atoms with van der Waals surface area (Å²) in [6.07, 6.45) is -0.735. The number of carboxylic acids is 1. The Morgan fingerprint density at radius 1 is 1.23 bits per heavy atom. The summed E-state index contributed by atoms with van der Waals surface area (Å²) in [6, 6.07) is 15.5. The number of ether oxygens (including phenoxy) is 2. The quantitative estimate of drug-likeness (QED) is 0.682. The molecule has 1 unspecified atom stereocenters. The first-order chi connectivity index (χ1) is 14.6. The zero-order valence-corrected chi connectivity index (χ0v) is 18.4. The Morgan fingerprint density at radius 3 is 2.58 bits per heavy atom. The van der Waals surface area contributed by atoms with Crippen LogP contribution in [0.5, 0.6) is 5.75 Å². The average molecular weight is 427 g/mol. The molecule has 0 spiro atoms. The zero-order chi connectivity index (χ0) is 22.6. The lowest BCUT2D eigenvalue weighted by Crippen LogP contribution is -2.43. The maximum absolute atomic E-state index is 12.2. The molecule has 1 aliphatic rings. The van der Waals surface area contributed by atoms with Crippen molar-refractivity contribution in [2.24, 2.45) is 5.92 Å². The highest BCUT2D eigenvalue weighted by Crippen LogP contribution is 2.38. The smallest absolute Gasteiger partial charge is 0.412 e. The number of amides is 1. The highest BCUT2D eigenvalue weighted by molar-refractivity contribution is 5.86. The lowest BCUT2D eigenvalue weighted by Gasteiger charge is -2.38. The van der Waals surface area contributed by atoms with Gasteiger partial charge in [-0.05, 0) is 44.5 Å². The van der Waals surface area contributed by atoms with Crippen LogP contribution in [-0.4, -0.2) is 35.4 Å². The maximum Gasteiger partial charge on any atom is 0.412 e. The van der Waals surface area contributed by atoms with Crippen molar-refractivity contribution in [2.75, 3.05) is 16.8 Å². The minimum absolute atomic E-state index is 0.0391. The lowest BCUT2D eigenvalue weighted by atomic mass is 9.98. The third kappa shape index (κ3) is 6.38. The molecule has 3 rings (SSSR count). The van der Waals surface area contributed by atoms with E-state index in [4.69, 9.17) is 9.47 Å². The van der Waals surface area contributed by atoms with Crippen LogP contribution in [0.25, 0.3) is 0 Å². The number of nitrogens with zero attached hydrogens (tertiary/aromatic N) is 1. The molecule has 0 saturated heterocycles. The standard InChI is InChI=1S/C24H30N2O5/c1-16(12-22(27)28)21-15-26(14-17-8-6-5-7-9-17)19-13-18(10-11-20(19)30-21)25-23(29)31-24(2,3)4/h5-11,13,16,21H,12,14-15H2,1-4H3,(H,25,29)(H,27,28)/t16-,21?/m0/s1. The first-order valence-corrected chi connectivity index (χ1v) is 10.4. The Balaban J connectivity index is 1.86. The first kappa shape index (κ1) is 22.5. The van der Waals surface area contributed by atoms with Gasteiger partial charge < -0.3 is 19.5 Å². The van der Waals surface area contributed by atoms with Crippen LogP contribution < -0.4 is 15.0 Å². The molecule has 1 amide bonds. The molecule has 31 heavy (non-hydrogen) atoms. The molecule has 0 aromatic heterocycles. The van der Waals surface area contributed by atoms with Gasteiger partial charge in [-0.1, -0.05) is 37.3 Å². The van der Waals surface area contributed by atoms with Gasteiger partial charge in [-0.3, -0.25) is 10.1 Å². The van der Waals surface area contributed by atoms with E-state index in [-0.39, 0.29) is 18.4 Å². The normalized spacial score (nSPS) is 16.6. The van der Waals surface area contributed by atoms with E-state index in [2.05, 4.69) is 10.2 Å². The summed E-state index contributed by atoms with van der Waals surface area (Å²) in [6.45, 7) is 8.52. The summed E-state index contributed by atoms with van der Waals surface area (Å²) < 4.78 is 11.5. The Bertz CT molecular complexity index is 923. The molecule has 2 aromatic carbocycles. The second kappa shape index (κ2) is 9.29. The Morgan fingerprint density at radius 2 is 1.94 bits per heavy atom. The summed E-state index contributed by atoms with van der Waals surface area (Å²) in [5, 5.41) is 12.0.